The van der Waals surface area contributed by atoms with Crippen molar-refractivity contribution in [2.75, 3.05) is 0 Å². The fourth-order valence-electron chi connectivity index (χ4n) is 6.72. The summed E-state index contributed by atoms with van der Waals surface area (Å²) in [6, 6.07) is 66.0. The van der Waals surface area contributed by atoms with Gasteiger partial charge >= 0.3 is 0 Å². The van der Waals surface area contributed by atoms with Crippen molar-refractivity contribution in [1.29, 1.82) is 0 Å². The molecule has 3 nitrogen and oxygen atoms in total. The molecule has 1 aromatic heterocycles. The van der Waals surface area contributed by atoms with E-state index in [1.165, 1.54) is 44.0 Å². The first-order valence-corrected chi connectivity index (χ1v) is 16.9. The molecule has 3 heteroatoms. The number of aromatic nitrogens is 3. The molecule has 0 aliphatic rings. The monoisotopic (exact) mass is 637 g/mol. The molecule has 0 saturated heterocycles. The lowest BCUT2D eigenvalue weighted by Crippen LogP contribution is -2.00. The maximum absolute atomic E-state index is 5.11. The van der Waals surface area contributed by atoms with Gasteiger partial charge in [0.1, 0.15) is 0 Å². The van der Waals surface area contributed by atoms with Crippen molar-refractivity contribution in [3.8, 4) is 67.5 Å². The van der Waals surface area contributed by atoms with E-state index in [4.69, 9.17) is 15.0 Å². The van der Waals surface area contributed by atoms with Gasteiger partial charge in [-0.3, -0.25) is 0 Å². The third kappa shape index (κ3) is 5.72. The zero-order valence-corrected chi connectivity index (χ0v) is 27.2. The largest absolute Gasteiger partial charge is 0.208 e. The van der Waals surface area contributed by atoms with Gasteiger partial charge in [0.25, 0.3) is 0 Å². The van der Waals surface area contributed by atoms with Crippen LogP contribution >= 0.6 is 0 Å². The summed E-state index contributed by atoms with van der Waals surface area (Å²) < 4.78 is 0. The van der Waals surface area contributed by atoms with Crippen LogP contribution in [0, 0.1) is 0 Å². The molecule has 9 aromatic rings. The molecule has 0 aliphatic heterocycles. The number of benzene rings is 8. The van der Waals surface area contributed by atoms with Gasteiger partial charge in [-0.1, -0.05) is 158 Å². The molecule has 0 unspecified atom stereocenters. The molecule has 0 N–H and O–H groups in total. The van der Waals surface area contributed by atoms with E-state index in [2.05, 4.69) is 152 Å². The quantitative estimate of drug-likeness (QED) is 0.182. The van der Waals surface area contributed by atoms with Gasteiger partial charge < -0.3 is 0 Å². The van der Waals surface area contributed by atoms with E-state index in [0.29, 0.717) is 17.5 Å². The Labute approximate surface area is 291 Å². The van der Waals surface area contributed by atoms with Crippen molar-refractivity contribution < 1.29 is 0 Å². The molecule has 0 radical (unpaired) electrons. The summed E-state index contributed by atoms with van der Waals surface area (Å²) >= 11 is 0. The first-order chi connectivity index (χ1) is 24.7. The summed E-state index contributed by atoms with van der Waals surface area (Å²) in [5.41, 5.74) is 9.89. The molecule has 0 bridgehead atoms. The van der Waals surface area contributed by atoms with Crippen LogP contribution in [-0.2, 0) is 0 Å². The molecular formula is C47H31N3. The number of fused-ring (bicyclic) bond motifs is 2. The zero-order chi connectivity index (χ0) is 33.3. The second kappa shape index (κ2) is 12.7. The molecule has 0 saturated carbocycles. The molecule has 0 aliphatic carbocycles. The molecule has 1 heterocycles. The summed E-state index contributed by atoms with van der Waals surface area (Å²) in [5, 5.41) is 4.72. The predicted molar refractivity (Wildman–Crippen MR) is 207 cm³/mol. The van der Waals surface area contributed by atoms with Gasteiger partial charge in [-0.15, -0.1) is 0 Å². The van der Waals surface area contributed by atoms with Gasteiger partial charge in [-0.25, -0.2) is 15.0 Å². The Morgan fingerprint density at radius 1 is 0.240 bits per heavy atom. The van der Waals surface area contributed by atoms with Crippen molar-refractivity contribution >= 4 is 21.5 Å². The lowest BCUT2D eigenvalue weighted by molar-refractivity contribution is 1.07. The van der Waals surface area contributed by atoms with Crippen molar-refractivity contribution in [2.45, 2.75) is 0 Å². The summed E-state index contributed by atoms with van der Waals surface area (Å²) in [5.74, 6) is 1.93. The Hall–Kier alpha value is -6.71. The molecule has 0 spiro atoms. The van der Waals surface area contributed by atoms with E-state index in [-0.39, 0.29) is 0 Å². The maximum Gasteiger partial charge on any atom is 0.164 e. The van der Waals surface area contributed by atoms with E-state index < -0.39 is 0 Å². The van der Waals surface area contributed by atoms with E-state index in [0.717, 1.165) is 27.6 Å². The molecular weight excluding hydrogens is 607 g/mol. The minimum Gasteiger partial charge on any atom is -0.208 e. The van der Waals surface area contributed by atoms with E-state index in [1.54, 1.807) is 0 Å². The Morgan fingerprint density at radius 3 is 1.38 bits per heavy atom. The predicted octanol–water partition coefficient (Wildman–Crippen LogP) is 12.2. The average Bonchev–Trinajstić information content (AvgIpc) is 3.21. The maximum atomic E-state index is 5.11. The van der Waals surface area contributed by atoms with Crippen LogP contribution in [0.1, 0.15) is 0 Å². The van der Waals surface area contributed by atoms with Gasteiger partial charge in [0.05, 0.1) is 0 Å². The molecule has 0 atom stereocenters. The summed E-state index contributed by atoms with van der Waals surface area (Å²) in [7, 11) is 0. The van der Waals surface area contributed by atoms with Crippen LogP contribution in [0.25, 0.3) is 89.1 Å². The highest BCUT2D eigenvalue weighted by molar-refractivity contribution is 6.00. The molecule has 0 fully saturated rings. The van der Waals surface area contributed by atoms with E-state index >= 15 is 0 Å². The van der Waals surface area contributed by atoms with Crippen LogP contribution in [0.2, 0.25) is 0 Å². The van der Waals surface area contributed by atoms with E-state index in [9.17, 15) is 0 Å². The van der Waals surface area contributed by atoms with Gasteiger partial charge in [0.15, 0.2) is 17.5 Å². The van der Waals surface area contributed by atoms with Crippen LogP contribution < -0.4 is 0 Å². The lowest BCUT2D eigenvalue weighted by atomic mass is 9.92. The lowest BCUT2D eigenvalue weighted by Gasteiger charge is -2.13. The van der Waals surface area contributed by atoms with Crippen LogP contribution in [0.15, 0.2) is 188 Å². The van der Waals surface area contributed by atoms with Crippen molar-refractivity contribution in [1.82, 2.24) is 15.0 Å². The van der Waals surface area contributed by atoms with Gasteiger partial charge in [-0.05, 0) is 85.3 Å². The van der Waals surface area contributed by atoms with Crippen LogP contribution in [0.5, 0.6) is 0 Å². The summed E-state index contributed by atoms with van der Waals surface area (Å²) in [4.78, 5) is 15.2. The number of nitrogens with zero attached hydrogens (tertiary/aromatic N) is 3. The smallest absolute Gasteiger partial charge is 0.164 e. The van der Waals surface area contributed by atoms with Crippen molar-refractivity contribution in [2.24, 2.45) is 0 Å². The van der Waals surface area contributed by atoms with E-state index in [1.807, 2.05) is 36.4 Å². The zero-order valence-electron chi connectivity index (χ0n) is 27.2. The van der Waals surface area contributed by atoms with Crippen LogP contribution in [-0.4, -0.2) is 15.0 Å². The first kappa shape index (κ1) is 29.4. The molecule has 9 rings (SSSR count). The normalized spacial score (nSPS) is 11.2. The minimum atomic E-state index is 0.638. The van der Waals surface area contributed by atoms with Crippen molar-refractivity contribution in [3.05, 3.63) is 188 Å². The second-order valence-electron chi connectivity index (χ2n) is 12.5. The van der Waals surface area contributed by atoms with Gasteiger partial charge in [0.2, 0.25) is 0 Å². The minimum absolute atomic E-state index is 0.638. The Kier molecular flexibility index (Phi) is 7.49. The number of hydrogen-bond acceptors (Lipinski definition) is 3. The standard InChI is InChI=1S/C47H31N3/c1-4-13-32(14-5-1)35-23-24-37-28-41(26-25-36(37)27-35)47-49-45(34-17-8-3-9-18-34)48-46(50-47)40-21-12-20-39(29-40)44-31-42(33-15-6-2-7-16-33)30-38-19-10-11-22-43(38)44/h1-31H. The van der Waals surface area contributed by atoms with Gasteiger partial charge in [-0.2, -0.15) is 0 Å². The van der Waals surface area contributed by atoms with Gasteiger partial charge in [0, 0.05) is 16.7 Å². The highest BCUT2D eigenvalue weighted by atomic mass is 15.0. The average molecular weight is 638 g/mol. The van der Waals surface area contributed by atoms with Crippen molar-refractivity contribution in [3.63, 3.8) is 0 Å². The summed E-state index contributed by atoms with van der Waals surface area (Å²) in [6.07, 6.45) is 0. The molecule has 234 valence electrons. The third-order valence-corrected chi connectivity index (χ3v) is 9.27. The Morgan fingerprint density at radius 2 is 0.700 bits per heavy atom. The summed E-state index contributed by atoms with van der Waals surface area (Å²) in [6.45, 7) is 0. The second-order valence-corrected chi connectivity index (χ2v) is 12.5. The number of hydrogen-bond donors (Lipinski definition) is 0. The fourth-order valence-corrected chi connectivity index (χ4v) is 6.72. The molecule has 0 amide bonds. The fraction of sp³-hybridized carbons (Fsp3) is 0. The number of rotatable bonds is 6. The highest BCUT2D eigenvalue weighted by Gasteiger charge is 2.15. The molecule has 8 aromatic carbocycles. The Bertz CT molecular complexity index is 2630. The SMILES string of the molecule is c1ccc(-c2ccc3cc(-c4nc(-c5ccccc5)nc(-c5cccc(-c6cc(-c7ccccc7)cc7ccccc67)c5)n4)ccc3c2)cc1. The van der Waals surface area contributed by atoms with Crippen LogP contribution in [0.3, 0.4) is 0 Å². The first-order valence-electron chi connectivity index (χ1n) is 16.9. The Balaban J connectivity index is 1.17. The topological polar surface area (TPSA) is 38.7 Å². The highest BCUT2D eigenvalue weighted by Crippen LogP contribution is 2.36. The third-order valence-electron chi connectivity index (χ3n) is 9.27. The molecule has 50 heavy (non-hydrogen) atoms. The van der Waals surface area contributed by atoms with Crippen LogP contribution in [0.4, 0.5) is 0 Å².